The number of carbonyl (C=O) groups is 4. The van der Waals surface area contributed by atoms with Crippen LogP contribution in [0.25, 0.3) is 0 Å². The van der Waals surface area contributed by atoms with Gasteiger partial charge in [-0.05, 0) is 120 Å². The molecule has 64 heavy (non-hydrogen) atoms. The molecule has 8 rings (SSSR count). The van der Waals surface area contributed by atoms with Gasteiger partial charge in [-0.15, -0.1) is 0 Å². The maximum Gasteiger partial charge on any atom is 0.337 e. The molecule has 10 nitrogen and oxygen atoms in total. The largest absolute Gasteiger partial charge is 0.465 e. The van der Waals surface area contributed by atoms with Gasteiger partial charge in [-0.1, -0.05) is 84.9 Å². The number of carbonyl (C=O) groups excluding carboxylic acids is 4. The molecule has 2 atom stereocenters. The number of Topliss-reactive ketones (excluding diaryl/α,β-unsaturated/α-hetero) is 1. The highest BCUT2D eigenvalue weighted by molar-refractivity contribution is 5.97. The van der Waals surface area contributed by atoms with Gasteiger partial charge in [-0.2, -0.15) is 0 Å². The summed E-state index contributed by atoms with van der Waals surface area (Å²) in [6, 6.07) is 41.1. The third-order valence-electron chi connectivity index (χ3n) is 11.6. The molecule has 0 aliphatic carbocycles. The van der Waals surface area contributed by atoms with E-state index in [0.29, 0.717) is 48.6 Å². The van der Waals surface area contributed by atoms with Crippen LogP contribution in [0.3, 0.4) is 0 Å². The molecule has 2 amide bonds. The van der Waals surface area contributed by atoms with Crippen LogP contribution in [0.15, 0.2) is 146 Å². The Balaban J connectivity index is 0.000000191. The molecule has 0 radical (unpaired) electrons. The van der Waals surface area contributed by atoms with Crippen LogP contribution < -0.4 is 10.6 Å². The predicted octanol–water partition coefficient (Wildman–Crippen LogP) is 8.58. The molecule has 3 N–H and O–H groups in total. The van der Waals surface area contributed by atoms with Gasteiger partial charge in [0.15, 0.2) is 5.78 Å². The minimum absolute atomic E-state index is 0.197. The average Bonchev–Trinajstić information content (AvgIpc) is 4.06. The number of methoxy groups -OCH3 is 1. The summed E-state index contributed by atoms with van der Waals surface area (Å²) in [4.78, 5) is 48.2. The van der Waals surface area contributed by atoms with E-state index < -0.39 is 23.8 Å². The number of aliphatic hydroxyl groups is 1. The summed E-state index contributed by atoms with van der Waals surface area (Å²) in [6.07, 6.45) is 3.40. The fraction of sp³-hybridized carbons (Fsp3) is 0.231. The molecule has 2 heterocycles. The Labute approximate surface area is 370 Å². The quantitative estimate of drug-likeness (QED) is 0.0775. The normalized spacial score (nSPS) is 17.8. The lowest BCUT2D eigenvalue weighted by molar-refractivity contribution is 0.0357. The first kappa shape index (κ1) is 45.2. The van der Waals surface area contributed by atoms with Gasteiger partial charge in [0, 0.05) is 43.0 Å². The summed E-state index contributed by atoms with van der Waals surface area (Å²) < 4.78 is 43.8. The van der Waals surface area contributed by atoms with Crippen LogP contribution in [0.1, 0.15) is 100 Å². The number of rotatable bonds is 13. The first-order valence-corrected chi connectivity index (χ1v) is 21.0. The minimum atomic E-state index is -0.629. The summed E-state index contributed by atoms with van der Waals surface area (Å²) in [5.74, 6) is -1.72. The van der Waals surface area contributed by atoms with Gasteiger partial charge in [0.05, 0.1) is 12.7 Å². The highest BCUT2D eigenvalue weighted by Gasteiger charge is 2.40. The Kier molecular flexibility index (Phi) is 14.5. The van der Waals surface area contributed by atoms with E-state index in [2.05, 4.69) is 15.4 Å². The van der Waals surface area contributed by atoms with E-state index in [1.807, 2.05) is 24.3 Å². The highest BCUT2D eigenvalue weighted by atomic mass is 19.1. The van der Waals surface area contributed by atoms with Gasteiger partial charge in [-0.25, -0.2) is 13.6 Å². The molecule has 2 saturated heterocycles. The van der Waals surface area contributed by atoms with Gasteiger partial charge in [0.2, 0.25) is 0 Å². The van der Waals surface area contributed by atoms with E-state index in [-0.39, 0.29) is 29.2 Å². The fourth-order valence-electron chi connectivity index (χ4n) is 8.09. The number of esters is 1. The summed E-state index contributed by atoms with van der Waals surface area (Å²) in [5.41, 5.74) is 6.10. The Morgan fingerprint density at radius 3 is 1.20 bits per heavy atom. The summed E-state index contributed by atoms with van der Waals surface area (Å²) in [5, 5.41) is 14.7. The molecule has 6 aromatic carbocycles. The topological polar surface area (TPSA) is 140 Å². The van der Waals surface area contributed by atoms with Crippen LogP contribution in [0.2, 0.25) is 0 Å². The van der Waals surface area contributed by atoms with Crippen molar-refractivity contribution in [3.05, 3.63) is 213 Å². The number of hydrogen-bond donors (Lipinski definition) is 3. The van der Waals surface area contributed by atoms with E-state index in [1.165, 1.54) is 31.4 Å². The number of halogens is 2. The number of ketones is 1. The van der Waals surface area contributed by atoms with Crippen LogP contribution in [0.5, 0.6) is 0 Å². The van der Waals surface area contributed by atoms with Gasteiger partial charge >= 0.3 is 5.97 Å². The van der Waals surface area contributed by atoms with Gasteiger partial charge in [-0.3, -0.25) is 14.4 Å². The van der Waals surface area contributed by atoms with Crippen molar-refractivity contribution >= 4 is 23.6 Å². The van der Waals surface area contributed by atoms with Crippen LogP contribution >= 0.6 is 0 Å². The number of amides is 2. The molecule has 12 heteroatoms. The maximum atomic E-state index is 13.4. The number of benzene rings is 6. The first-order chi connectivity index (χ1) is 31.0. The lowest BCUT2D eigenvalue weighted by Gasteiger charge is -2.30. The summed E-state index contributed by atoms with van der Waals surface area (Å²) in [6.45, 7) is 1.39. The Morgan fingerprint density at radius 2 is 0.875 bits per heavy atom. The standard InChI is InChI=1S/2C26H24FNO4/c1-31-25(30)20-5-3-18(4-6-20)17-28-24(29)19-7-9-21(10-8-19)26(15-2-16-32-26)22-11-13-23(27)14-12-22;27-23-12-10-22(11-13-23)26(14-1-15-32-26)21-8-6-20(7-9-21)25(31)28-16-18-2-4-19(5-3-18)24(30)17-29/h3-14H,2,15-17H2,1H3,(H,28,29);2-13,29H,1,14-17H2,(H,28,31). The second-order valence-corrected chi connectivity index (χ2v) is 15.6. The third kappa shape index (κ3) is 10.3. The van der Waals surface area contributed by atoms with Crippen molar-refractivity contribution in [1.29, 1.82) is 0 Å². The second kappa shape index (κ2) is 20.5. The molecule has 328 valence electrons. The van der Waals surface area contributed by atoms with Crippen molar-refractivity contribution in [3.63, 3.8) is 0 Å². The van der Waals surface area contributed by atoms with Crippen molar-refractivity contribution in [2.45, 2.75) is 50.0 Å². The van der Waals surface area contributed by atoms with Crippen molar-refractivity contribution < 1.29 is 47.3 Å². The van der Waals surface area contributed by atoms with Gasteiger partial charge in [0.1, 0.15) is 29.4 Å². The lowest BCUT2D eigenvalue weighted by atomic mass is 9.83. The molecule has 0 saturated carbocycles. The highest BCUT2D eigenvalue weighted by Crippen LogP contribution is 2.43. The monoisotopic (exact) mass is 866 g/mol. The molecular weight excluding hydrogens is 819 g/mol. The van der Waals surface area contributed by atoms with Gasteiger partial charge < -0.3 is 30.0 Å². The maximum absolute atomic E-state index is 13.4. The first-order valence-electron chi connectivity index (χ1n) is 21.0. The van der Waals surface area contributed by atoms with Crippen molar-refractivity contribution in [3.8, 4) is 0 Å². The number of nitrogens with one attached hydrogen (secondary N) is 2. The summed E-state index contributed by atoms with van der Waals surface area (Å²) in [7, 11) is 1.34. The zero-order valence-electron chi connectivity index (χ0n) is 35.3. The molecule has 2 fully saturated rings. The molecular formula is C52H48F2N2O8. The van der Waals surface area contributed by atoms with E-state index in [0.717, 1.165) is 59.1 Å². The van der Waals surface area contributed by atoms with E-state index in [1.54, 1.807) is 97.1 Å². The average molecular weight is 867 g/mol. The van der Waals surface area contributed by atoms with Crippen LogP contribution in [-0.2, 0) is 38.5 Å². The molecule has 2 unspecified atom stereocenters. The third-order valence-corrected chi connectivity index (χ3v) is 11.6. The Hall–Kier alpha value is -6.86. The predicted molar refractivity (Wildman–Crippen MR) is 236 cm³/mol. The minimum Gasteiger partial charge on any atom is -0.465 e. The SMILES string of the molecule is COC(=O)c1ccc(CNC(=O)c2ccc(C3(c4ccc(F)cc4)CCCO3)cc2)cc1.O=C(CO)c1ccc(CNC(=O)c2ccc(C3(c4ccc(F)cc4)CCCO3)cc2)cc1. The van der Waals surface area contributed by atoms with Crippen LogP contribution in [0.4, 0.5) is 8.78 Å². The number of hydrogen-bond acceptors (Lipinski definition) is 8. The van der Waals surface area contributed by atoms with E-state index in [9.17, 15) is 28.0 Å². The van der Waals surface area contributed by atoms with Crippen molar-refractivity contribution in [2.24, 2.45) is 0 Å². The van der Waals surface area contributed by atoms with Crippen molar-refractivity contribution in [1.82, 2.24) is 10.6 Å². The number of aliphatic hydroxyl groups excluding tert-OH is 1. The van der Waals surface area contributed by atoms with Crippen molar-refractivity contribution in [2.75, 3.05) is 26.9 Å². The molecule has 6 aromatic rings. The molecule has 0 spiro atoms. The van der Waals surface area contributed by atoms with Crippen LogP contribution in [-0.4, -0.2) is 55.6 Å². The Morgan fingerprint density at radius 1 is 0.531 bits per heavy atom. The molecule has 2 aliphatic rings. The lowest BCUT2D eigenvalue weighted by Crippen LogP contribution is -2.27. The fourth-order valence-corrected chi connectivity index (χ4v) is 8.09. The molecule has 2 aliphatic heterocycles. The van der Waals surface area contributed by atoms with Gasteiger partial charge in [0.25, 0.3) is 11.8 Å². The smallest absolute Gasteiger partial charge is 0.337 e. The van der Waals surface area contributed by atoms with E-state index in [4.69, 9.17) is 14.6 Å². The number of ether oxygens (including phenoxy) is 3. The zero-order valence-corrected chi connectivity index (χ0v) is 35.3. The second-order valence-electron chi connectivity index (χ2n) is 15.6. The molecule has 0 bridgehead atoms. The zero-order chi connectivity index (χ0) is 45.1. The van der Waals surface area contributed by atoms with Crippen LogP contribution in [0, 0.1) is 11.6 Å². The Bertz CT molecular complexity index is 2350. The molecule has 0 aromatic heterocycles. The summed E-state index contributed by atoms with van der Waals surface area (Å²) >= 11 is 0. The van der Waals surface area contributed by atoms with E-state index >= 15 is 0 Å².